The Hall–Kier alpha value is -0.830. The number of hydrogen-bond acceptors (Lipinski definition) is 2. The molecule has 2 bridgehead atoms. The van der Waals surface area contributed by atoms with E-state index in [1.54, 1.807) is 6.08 Å². The molecule has 3 heteroatoms. The van der Waals surface area contributed by atoms with E-state index in [1.165, 1.54) is 6.42 Å². The highest BCUT2D eigenvalue weighted by atomic mass is 15.3. The van der Waals surface area contributed by atoms with Crippen LogP contribution in [0.15, 0.2) is 12.7 Å². The van der Waals surface area contributed by atoms with Crippen molar-refractivity contribution < 1.29 is 0 Å². The van der Waals surface area contributed by atoms with Gasteiger partial charge in [-0.3, -0.25) is 5.41 Å². The van der Waals surface area contributed by atoms with Gasteiger partial charge in [-0.05, 0) is 12.5 Å². The number of rotatable bonds is 1. The van der Waals surface area contributed by atoms with E-state index in [-0.39, 0.29) is 0 Å². The monoisotopic (exact) mass is 151 g/mol. The molecule has 0 aromatic heterocycles. The zero-order chi connectivity index (χ0) is 7.84. The summed E-state index contributed by atoms with van der Waals surface area (Å²) in [4.78, 5) is 2.09. The van der Waals surface area contributed by atoms with Crippen molar-refractivity contribution in [3.05, 3.63) is 12.7 Å². The van der Waals surface area contributed by atoms with Gasteiger partial charge in [-0.15, -0.1) is 0 Å². The van der Waals surface area contributed by atoms with E-state index in [9.17, 15) is 0 Å². The number of hydrogen-bond donors (Lipinski definition) is 2. The zero-order valence-corrected chi connectivity index (χ0v) is 6.51. The van der Waals surface area contributed by atoms with Crippen LogP contribution in [-0.4, -0.2) is 35.9 Å². The van der Waals surface area contributed by atoms with Gasteiger partial charge in [0, 0.05) is 25.2 Å². The number of nitrogens with zero attached hydrogens (tertiary/aromatic N) is 1. The molecule has 0 amide bonds. The van der Waals surface area contributed by atoms with E-state index >= 15 is 0 Å². The van der Waals surface area contributed by atoms with Crippen molar-refractivity contribution in [2.75, 3.05) is 13.1 Å². The number of fused-ring (bicyclic) bond motifs is 2. The Kier molecular flexibility index (Phi) is 1.46. The average Bonchev–Trinajstić information content (AvgIpc) is 2.02. The molecule has 3 nitrogen and oxygen atoms in total. The molecule has 0 saturated carbocycles. The molecule has 2 N–H and O–H groups in total. The van der Waals surface area contributed by atoms with Crippen molar-refractivity contribution in [1.82, 2.24) is 10.2 Å². The van der Waals surface area contributed by atoms with Gasteiger partial charge in [0.2, 0.25) is 0 Å². The second kappa shape index (κ2) is 2.34. The lowest BCUT2D eigenvalue weighted by Crippen LogP contribution is -2.67. The summed E-state index contributed by atoms with van der Waals surface area (Å²) in [5.74, 6) is 0.571. The summed E-state index contributed by atoms with van der Waals surface area (Å²) in [5, 5.41) is 10.9. The Morgan fingerprint density at radius 1 is 1.55 bits per heavy atom. The van der Waals surface area contributed by atoms with E-state index in [1.807, 2.05) is 0 Å². The van der Waals surface area contributed by atoms with E-state index < -0.39 is 0 Å². The summed E-state index contributed by atoms with van der Waals surface area (Å²) in [6, 6.07) is 1.27. The van der Waals surface area contributed by atoms with Crippen LogP contribution in [0.2, 0.25) is 0 Å². The molecule has 11 heavy (non-hydrogen) atoms. The van der Waals surface area contributed by atoms with Crippen LogP contribution in [0.1, 0.15) is 6.42 Å². The molecule has 3 heterocycles. The van der Waals surface area contributed by atoms with Gasteiger partial charge < -0.3 is 10.2 Å². The highest BCUT2D eigenvalue weighted by Gasteiger charge is 2.36. The Labute approximate surface area is 66.6 Å². The average molecular weight is 151 g/mol. The van der Waals surface area contributed by atoms with Crippen LogP contribution in [0.4, 0.5) is 0 Å². The second-order valence-electron chi connectivity index (χ2n) is 3.29. The van der Waals surface area contributed by atoms with Crippen LogP contribution in [0.5, 0.6) is 0 Å². The number of piperidine rings is 1. The summed E-state index contributed by atoms with van der Waals surface area (Å²) in [7, 11) is 0. The maximum Gasteiger partial charge on any atom is 0.120 e. The predicted octanol–water partition coefficient (Wildman–Crippen LogP) is 0.196. The van der Waals surface area contributed by atoms with Gasteiger partial charge in [0.25, 0.3) is 0 Å². The van der Waals surface area contributed by atoms with Crippen LogP contribution >= 0.6 is 0 Å². The summed E-state index contributed by atoms with van der Waals surface area (Å²) >= 11 is 0. The molecular formula is C8H13N3. The Balaban J connectivity index is 1.96. The third-order valence-corrected chi connectivity index (χ3v) is 2.46. The van der Waals surface area contributed by atoms with Crippen LogP contribution in [0, 0.1) is 5.41 Å². The van der Waals surface area contributed by atoms with Gasteiger partial charge in [-0.1, -0.05) is 6.58 Å². The van der Waals surface area contributed by atoms with Crippen LogP contribution in [-0.2, 0) is 0 Å². The minimum Gasteiger partial charge on any atom is -0.354 e. The normalized spacial score (nSPS) is 34.4. The van der Waals surface area contributed by atoms with E-state index in [0.717, 1.165) is 13.1 Å². The molecular weight excluding hydrogens is 138 g/mol. The van der Waals surface area contributed by atoms with Gasteiger partial charge in [0.15, 0.2) is 0 Å². The second-order valence-corrected chi connectivity index (χ2v) is 3.29. The lowest BCUT2D eigenvalue weighted by atomic mass is 9.91. The first-order valence-electron chi connectivity index (χ1n) is 4.01. The summed E-state index contributed by atoms with van der Waals surface area (Å²) in [6.07, 6.45) is 2.91. The molecule has 60 valence electrons. The van der Waals surface area contributed by atoms with Gasteiger partial charge >= 0.3 is 0 Å². The molecule has 0 radical (unpaired) electrons. The topological polar surface area (TPSA) is 39.1 Å². The molecule has 3 aliphatic rings. The molecule has 0 aliphatic carbocycles. The molecule has 0 aromatic rings. The third-order valence-electron chi connectivity index (χ3n) is 2.46. The quantitative estimate of drug-likeness (QED) is 0.415. The van der Waals surface area contributed by atoms with E-state index in [0.29, 0.717) is 17.9 Å². The van der Waals surface area contributed by atoms with Crippen molar-refractivity contribution in [2.24, 2.45) is 0 Å². The van der Waals surface area contributed by atoms with E-state index in [4.69, 9.17) is 5.41 Å². The van der Waals surface area contributed by atoms with Crippen LogP contribution < -0.4 is 5.32 Å². The molecule has 3 fully saturated rings. The summed E-state index contributed by atoms with van der Waals surface area (Å²) < 4.78 is 0. The van der Waals surface area contributed by atoms with E-state index in [2.05, 4.69) is 16.8 Å². The zero-order valence-electron chi connectivity index (χ0n) is 6.51. The smallest absolute Gasteiger partial charge is 0.120 e. The number of piperazine rings is 1. The summed E-state index contributed by atoms with van der Waals surface area (Å²) in [6.45, 7) is 5.56. The molecule has 3 rings (SSSR count). The van der Waals surface area contributed by atoms with Gasteiger partial charge in [0.1, 0.15) is 5.84 Å². The first kappa shape index (κ1) is 6.85. The standard InChI is InChI=1S/C8H13N3/c1-2-8(9)11-4-6-3-7(5-11)10-6/h2,6-7,9-10H,1,3-5H2. The lowest BCUT2D eigenvalue weighted by Gasteiger charge is -2.48. The van der Waals surface area contributed by atoms with Crippen LogP contribution in [0.3, 0.4) is 0 Å². The minimum absolute atomic E-state index is 0.571. The van der Waals surface area contributed by atoms with Crippen molar-refractivity contribution >= 4 is 5.84 Å². The SMILES string of the molecule is C=CC(=N)N1CC2CC(C1)N2. The maximum atomic E-state index is 7.52. The van der Waals surface area contributed by atoms with Crippen molar-refractivity contribution in [2.45, 2.75) is 18.5 Å². The molecule has 3 saturated heterocycles. The lowest BCUT2D eigenvalue weighted by molar-refractivity contribution is 0.128. The number of nitrogens with one attached hydrogen (secondary N) is 2. The van der Waals surface area contributed by atoms with Gasteiger partial charge in [-0.2, -0.15) is 0 Å². The molecule has 2 unspecified atom stereocenters. The molecule has 0 spiro atoms. The number of amidine groups is 1. The fourth-order valence-electron chi connectivity index (χ4n) is 1.84. The fraction of sp³-hybridized carbons (Fsp3) is 0.625. The third kappa shape index (κ3) is 1.05. The summed E-state index contributed by atoms with van der Waals surface area (Å²) in [5.41, 5.74) is 0. The van der Waals surface area contributed by atoms with Crippen LogP contribution in [0.25, 0.3) is 0 Å². The maximum absolute atomic E-state index is 7.52. The molecule has 2 atom stereocenters. The first-order chi connectivity index (χ1) is 5.29. The Morgan fingerprint density at radius 3 is 2.55 bits per heavy atom. The molecule has 3 aliphatic heterocycles. The highest BCUT2D eigenvalue weighted by Crippen LogP contribution is 2.20. The Bertz CT molecular complexity index is 184. The van der Waals surface area contributed by atoms with Crippen molar-refractivity contribution in [3.8, 4) is 0 Å². The minimum atomic E-state index is 0.571. The van der Waals surface area contributed by atoms with Gasteiger partial charge in [-0.25, -0.2) is 0 Å². The first-order valence-corrected chi connectivity index (χ1v) is 4.01. The van der Waals surface area contributed by atoms with Crippen molar-refractivity contribution in [1.29, 1.82) is 5.41 Å². The van der Waals surface area contributed by atoms with Gasteiger partial charge in [0.05, 0.1) is 0 Å². The Morgan fingerprint density at radius 2 is 2.09 bits per heavy atom. The molecule has 0 aromatic carbocycles. The highest BCUT2D eigenvalue weighted by molar-refractivity contribution is 5.89. The predicted molar refractivity (Wildman–Crippen MR) is 44.8 cm³/mol. The fourth-order valence-corrected chi connectivity index (χ4v) is 1.84. The van der Waals surface area contributed by atoms with Crippen molar-refractivity contribution in [3.63, 3.8) is 0 Å². The largest absolute Gasteiger partial charge is 0.354 e.